The Morgan fingerprint density at radius 3 is 1.85 bits per heavy atom. The molecule has 0 aliphatic rings. The average Bonchev–Trinajstić information content (AvgIpc) is 3.79. The van der Waals surface area contributed by atoms with Crippen molar-refractivity contribution in [1.82, 2.24) is 47.2 Å². The highest BCUT2D eigenvalue weighted by Crippen LogP contribution is 2.12. The molecule has 0 bridgehead atoms. The van der Waals surface area contributed by atoms with Gasteiger partial charge in [-0.25, -0.2) is 4.98 Å². The van der Waals surface area contributed by atoms with Crippen molar-refractivity contribution in [3.63, 3.8) is 0 Å². The van der Waals surface area contributed by atoms with Gasteiger partial charge >= 0.3 is 11.9 Å². The van der Waals surface area contributed by atoms with Crippen LogP contribution in [0.1, 0.15) is 77.5 Å². The van der Waals surface area contributed by atoms with E-state index < -0.39 is 108 Å². The topological polar surface area (TPSA) is 359 Å². The number of nitrogens with one attached hydrogen (secondary N) is 8. The van der Waals surface area contributed by atoms with Crippen LogP contribution in [0.4, 0.5) is 0 Å². The standard InChI is InChI=1S/C42H65N11O11S/c1-6-23(2)34(53-36(57)28(44)14-10-11-16-43)41(62)52-31(19-27-21-45-22-46-27)40(61)49-29(15-17-65-5)37(58)51-32(20-33(54)55)39(60)47-24(3)35(56)50-30(18-26-12-8-7-9-13-26)38(59)48-25(4)42(63)64/h7-9,12-13,21-25,28-32,34H,6,10-11,14-20,43-44H2,1-5H3,(H,45,46)(H,47,60)(H,48,59)(H,49,61)(H,50,56)(H,51,58)(H,52,62)(H,53,57)(H,54,55)(H,63,64). The highest BCUT2D eigenvalue weighted by Gasteiger charge is 2.35. The monoisotopic (exact) mass is 931 g/mol. The van der Waals surface area contributed by atoms with Gasteiger partial charge in [-0.1, -0.05) is 57.0 Å². The highest BCUT2D eigenvalue weighted by molar-refractivity contribution is 7.98. The van der Waals surface area contributed by atoms with E-state index >= 15 is 0 Å². The first-order valence-electron chi connectivity index (χ1n) is 21.3. The van der Waals surface area contributed by atoms with Crippen LogP contribution in [0.15, 0.2) is 42.9 Å². The quantitative estimate of drug-likeness (QED) is 0.0395. The van der Waals surface area contributed by atoms with E-state index in [0.717, 1.165) is 0 Å². The van der Waals surface area contributed by atoms with Crippen LogP contribution in [0, 0.1) is 5.92 Å². The summed E-state index contributed by atoms with van der Waals surface area (Å²) in [6, 6.07) is -1.86. The lowest BCUT2D eigenvalue weighted by Crippen LogP contribution is -2.61. The number of unbranched alkanes of at least 4 members (excludes halogenated alkanes) is 1. The van der Waals surface area contributed by atoms with Gasteiger partial charge in [0.15, 0.2) is 0 Å². The second-order valence-corrected chi connectivity index (χ2v) is 16.6. The Hall–Kier alpha value is -6.07. The molecule has 9 unspecified atom stereocenters. The summed E-state index contributed by atoms with van der Waals surface area (Å²) in [5.74, 6) is -8.65. The lowest BCUT2D eigenvalue weighted by atomic mass is 9.96. The number of nitrogens with two attached hydrogens (primary N) is 2. The maximum atomic E-state index is 14.0. The minimum Gasteiger partial charge on any atom is -0.481 e. The van der Waals surface area contributed by atoms with Gasteiger partial charge in [0.25, 0.3) is 0 Å². The van der Waals surface area contributed by atoms with Crippen molar-refractivity contribution in [2.45, 2.75) is 127 Å². The second-order valence-electron chi connectivity index (χ2n) is 15.7. The van der Waals surface area contributed by atoms with Crippen LogP contribution in [-0.2, 0) is 56.0 Å². The zero-order valence-corrected chi connectivity index (χ0v) is 38.2. The zero-order valence-electron chi connectivity index (χ0n) is 37.4. The summed E-state index contributed by atoms with van der Waals surface area (Å²) in [5.41, 5.74) is 12.7. The number of carboxylic acids is 2. The van der Waals surface area contributed by atoms with Crippen molar-refractivity contribution in [2.75, 3.05) is 18.6 Å². The van der Waals surface area contributed by atoms with Crippen LogP contribution < -0.4 is 48.7 Å². The molecule has 0 radical (unpaired) electrons. The van der Waals surface area contributed by atoms with E-state index in [-0.39, 0.29) is 25.2 Å². The number of hydrogen-bond acceptors (Lipinski definition) is 13. The van der Waals surface area contributed by atoms with Gasteiger partial charge in [0.1, 0.15) is 42.3 Å². The number of benzene rings is 1. The van der Waals surface area contributed by atoms with Crippen LogP contribution in [0.5, 0.6) is 0 Å². The minimum absolute atomic E-state index is 0.00262. The number of hydrogen-bond donors (Lipinski definition) is 12. The SMILES string of the molecule is CCC(C)C(NC(=O)C(N)CCCCN)C(=O)NC(Cc1cnc[nH]1)C(=O)NC(CCSC)C(=O)NC(CC(=O)O)C(=O)NC(C)C(=O)NC(Cc1ccccc1)C(=O)NC(C)C(=O)O. The van der Waals surface area contributed by atoms with Crippen molar-refractivity contribution >= 4 is 65.1 Å². The Labute approximate surface area is 382 Å². The van der Waals surface area contributed by atoms with Crippen molar-refractivity contribution in [2.24, 2.45) is 17.4 Å². The Balaban J connectivity index is 2.30. The van der Waals surface area contributed by atoms with Gasteiger partial charge in [0, 0.05) is 24.7 Å². The normalized spacial score (nSPS) is 15.2. The molecule has 0 aliphatic heterocycles. The van der Waals surface area contributed by atoms with E-state index in [9.17, 15) is 53.4 Å². The van der Waals surface area contributed by atoms with Gasteiger partial charge in [0.2, 0.25) is 41.4 Å². The first kappa shape index (κ1) is 55.1. The number of aliphatic carboxylic acids is 2. The van der Waals surface area contributed by atoms with Gasteiger partial charge in [-0.05, 0) is 63.1 Å². The first-order valence-corrected chi connectivity index (χ1v) is 22.7. The van der Waals surface area contributed by atoms with Crippen LogP contribution in [-0.4, -0.2) is 140 Å². The number of carbonyl (C=O) groups is 9. The van der Waals surface area contributed by atoms with Gasteiger partial charge in [-0.3, -0.25) is 43.2 Å². The molecule has 0 fully saturated rings. The number of carbonyl (C=O) groups excluding carboxylic acids is 7. The molecular formula is C42H65N11O11S. The third kappa shape index (κ3) is 19.7. The van der Waals surface area contributed by atoms with E-state index in [1.807, 2.05) is 6.92 Å². The fourth-order valence-electron chi connectivity index (χ4n) is 6.23. The minimum atomic E-state index is -1.76. The lowest BCUT2D eigenvalue weighted by molar-refractivity contribution is -0.141. The third-order valence-corrected chi connectivity index (χ3v) is 11.0. The number of aromatic nitrogens is 2. The number of H-pyrrole nitrogens is 1. The smallest absolute Gasteiger partial charge is 0.325 e. The maximum absolute atomic E-state index is 14.0. The molecule has 14 N–H and O–H groups in total. The van der Waals surface area contributed by atoms with E-state index in [4.69, 9.17) is 11.5 Å². The predicted octanol–water partition coefficient (Wildman–Crippen LogP) is -1.56. The first-order chi connectivity index (χ1) is 30.8. The molecule has 23 heteroatoms. The van der Waals surface area contributed by atoms with Crippen molar-refractivity contribution < 1.29 is 53.4 Å². The fourth-order valence-corrected chi connectivity index (χ4v) is 6.70. The zero-order chi connectivity index (χ0) is 48.6. The number of thioether (sulfide) groups is 1. The van der Waals surface area contributed by atoms with Gasteiger partial charge in [-0.15, -0.1) is 0 Å². The molecule has 1 aromatic carbocycles. The number of imidazole rings is 1. The summed E-state index contributed by atoms with van der Waals surface area (Å²) in [6.07, 6.45) is 5.56. The molecule has 22 nitrogen and oxygen atoms in total. The molecule has 0 saturated heterocycles. The Bertz CT molecular complexity index is 1890. The largest absolute Gasteiger partial charge is 0.481 e. The highest BCUT2D eigenvalue weighted by atomic mass is 32.2. The summed E-state index contributed by atoms with van der Waals surface area (Å²) in [7, 11) is 0. The average molecular weight is 932 g/mol. The molecule has 1 aromatic heterocycles. The van der Waals surface area contributed by atoms with Crippen molar-refractivity contribution in [3.05, 3.63) is 54.1 Å². The molecular weight excluding hydrogens is 867 g/mol. The van der Waals surface area contributed by atoms with E-state index in [0.29, 0.717) is 49.2 Å². The molecule has 0 aliphatic carbocycles. The molecule has 2 rings (SSSR count). The van der Waals surface area contributed by atoms with E-state index in [1.165, 1.54) is 38.1 Å². The molecule has 0 spiro atoms. The number of amides is 7. The Morgan fingerprint density at radius 2 is 1.26 bits per heavy atom. The fraction of sp³-hybridized carbons (Fsp3) is 0.571. The number of aromatic amines is 1. The number of nitrogens with zero attached hydrogens (tertiary/aromatic N) is 1. The molecule has 2 aromatic rings. The third-order valence-electron chi connectivity index (χ3n) is 10.4. The van der Waals surface area contributed by atoms with Gasteiger partial charge in [-0.2, -0.15) is 11.8 Å². The van der Waals surface area contributed by atoms with Crippen molar-refractivity contribution in [1.29, 1.82) is 0 Å². The number of rotatable bonds is 30. The van der Waals surface area contributed by atoms with Crippen molar-refractivity contribution in [3.8, 4) is 0 Å². The van der Waals surface area contributed by atoms with E-state index in [2.05, 4.69) is 47.2 Å². The van der Waals surface area contributed by atoms with E-state index in [1.54, 1.807) is 43.5 Å². The predicted molar refractivity (Wildman–Crippen MR) is 241 cm³/mol. The summed E-state index contributed by atoms with van der Waals surface area (Å²) in [5, 5.41) is 36.6. The second kappa shape index (κ2) is 28.7. The molecule has 360 valence electrons. The van der Waals surface area contributed by atoms with Crippen LogP contribution in [0.2, 0.25) is 0 Å². The number of carboxylic acid groups (broad SMARTS) is 2. The Morgan fingerprint density at radius 1 is 0.692 bits per heavy atom. The lowest BCUT2D eigenvalue weighted by Gasteiger charge is -2.28. The molecule has 1 heterocycles. The molecule has 9 atom stereocenters. The van der Waals surface area contributed by atoms with Crippen LogP contribution in [0.25, 0.3) is 0 Å². The van der Waals surface area contributed by atoms with Gasteiger partial charge in [0.05, 0.1) is 18.8 Å². The molecule has 7 amide bonds. The van der Waals surface area contributed by atoms with Crippen LogP contribution >= 0.6 is 11.8 Å². The summed E-state index contributed by atoms with van der Waals surface area (Å²) in [6.45, 7) is 6.51. The maximum Gasteiger partial charge on any atom is 0.325 e. The summed E-state index contributed by atoms with van der Waals surface area (Å²) in [4.78, 5) is 125. The molecule has 0 saturated carbocycles. The summed E-state index contributed by atoms with van der Waals surface area (Å²) >= 11 is 1.33. The molecule has 65 heavy (non-hydrogen) atoms. The van der Waals surface area contributed by atoms with Gasteiger partial charge < -0.3 is 63.9 Å². The summed E-state index contributed by atoms with van der Waals surface area (Å²) < 4.78 is 0. The van der Waals surface area contributed by atoms with Crippen LogP contribution in [0.3, 0.4) is 0 Å². The Kier molecular flexibility index (Phi) is 24.3.